The summed E-state index contributed by atoms with van der Waals surface area (Å²) in [6.07, 6.45) is 0.138. The van der Waals surface area contributed by atoms with Crippen LogP contribution in [0.3, 0.4) is 0 Å². The second kappa shape index (κ2) is 17.8. The largest absolute Gasteiger partial charge is 0.491 e. The second-order valence-corrected chi connectivity index (χ2v) is 16.0. The molecule has 4 fully saturated rings. The lowest BCUT2D eigenvalue weighted by atomic mass is 10.0. The van der Waals surface area contributed by atoms with Crippen molar-refractivity contribution in [2.45, 2.75) is 76.3 Å². The van der Waals surface area contributed by atoms with Crippen LogP contribution in [0.2, 0.25) is 0 Å². The summed E-state index contributed by atoms with van der Waals surface area (Å²) in [5, 5.41) is 7.44. The van der Waals surface area contributed by atoms with Gasteiger partial charge >= 0.3 is 6.09 Å². The zero-order valence-electron chi connectivity index (χ0n) is 33.8. The molecule has 6 heterocycles. The van der Waals surface area contributed by atoms with Crippen molar-refractivity contribution in [3.05, 3.63) is 58.7 Å². The third-order valence-electron chi connectivity index (χ3n) is 10.5. The summed E-state index contributed by atoms with van der Waals surface area (Å²) < 4.78 is 27.8. The number of rotatable bonds is 12. The zero-order chi connectivity index (χ0) is 43.6. The maximum absolute atomic E-state index is 12.8. The third-order valence-corrected chi connectivity index (χ3v) is 10.5. The standard InChI is InChI=1S/C23H27N3O8.C18H19N3O6/c1-23(2,3)34-22(31)25-11-14(12-25)33-9-8-32-13-4-5-15-16(10-13)21(30)26(20(15)29)17-6-7-18(27)24-19(17)28;22-15-4-3-14(16(23)20-15)21-17(24)12-2-1-10(7-13(12)18(21)25)26-5-6-27-11-8-19-9-11/h4-5,10,14,17H,6-9,11-12H2,1-3H3,(H,24,27,28);1-2,7,11,14,19H,3-6,8-9H2,(H,20,22,23). The minimum absolute atomic E-state index is 0.0642. The van der Waals surface area contributed by atoms with Gasteiger partial charge in [0.1, 0.15) is 42.4 Å². The highest BCUT2D eigenvalue weighted by Gasteiger charge is 2.46. The lowest BCUT2D eigenvalue weighted by Crippen LogP contribution is -2.56. The molecule has 4 saturated heterocycles. The van der Waals surface area contributed by atoms with Gasteiger partial charge in [-0.25, -0.2) is 4.79 Å². The number of piperidine rings is 2. The predicted octanol–water partition coefficient (Wildman–Crippen LogP) is 0.558. The predicted molar refractivity (Wildman–Crippen MR) is 207 cm³/mol. The lowest BCUT2D eigenvalue weighted by Gasteiger charge is -2.39. The van der Waals surface area contributed by atoms with Gasteiger partial charge in [0.15, 0.2) is 0 Å². The molecular formula is C41H46N6O14. The summed E-state index contributed by atoms with van der Waals surface area (Å²) in [6, 6.07) is 7.19. The fraction of sp³-hybridized carbons (Fsp3) is 0.488. The van der Waals surface area contributed by atoms with Gasteiger partial charge in [-0.15, -0.1) is 0 Å². The highest BCUT2D eigenvalue weighted by Crippen LogP contribution is 2.32. The Morgan fingerprint density at radius 2 is 1.07 bits per heavy atom. The molecule has 2 atom stereocenters. The summed E-state index contributed by atoms with van der Waals surface area (Å²) in [6.45, 7) is 9.24. The van der Waals surface area contributed by atoms with Crippen molar-refractivity contribution in [3.8, 4) is 11.5 Å². The van der Waals surface area contributed by atoms with Crippen LogP contribution in [-0.4, -0.2) is 151 Å². The van der Waals surface area contributed by atoms with Gasteiger partial charge in [0, 0.05) is 25.9 Å². The van der Waals surface area contributed by atoms with Crippen molar-refractivity contribution in [3.63, 3.8) is 0 Å². The van der Waals surface area contributed by atoms with E-state index in [0.717, 1.165) is 22.9 Å². The Morgan fingerprint density at radius 3 is 1.48 bits per heavy atom. The van der Waals surface area contributed by atoms with Crippen molar-refractivity contribution in [2.75, 3.05) is 52.6 Å². The van der Waals surface area contributed by atoms with Crippen LogP contribution in [0.15, 0.2) is 36.4 Å². The van der Waals surface area contributed by atoms with Crippen LogP contribution in [0.4, 0.5) is 4.79 Å². The molecule has 61 heavy (non-hydrogen) atoms. The summed E-state index contributed by atoms with van der Waals surface area (Å²) in [5.74, 6) is -3.49. The molecule has 0 aromatic heterocycles. The fourth-order valence-corrected chi connectivity index (χ4v) is 7.23. The van der Waals surface area contributed by atoms with Crippen molar-refractivity contribution < 1.29 is 66.8 Å². The van der Waals surface area contributed by atoms with E-state index in [1.165, 1.54) is 24.3 Å². The molecule has 0 aliphatic carbocycles. The molecule has 2 unspecified atom stereocenters. The number of carbonyl (C=O) groups excluding carboxylic acids is 9. The monoisotopic (exact) mass is 846 g/mol. The first-order chi connectivity index (χ1) is 29.1. The average molecular weight is 847 g/mol. The van der Waals surface area contributed by atoms with E-state index in [9.17, 15) is 43.2 Å². The van der Waals surface area contributed by atoms with Gasteiger partial charge < -0.3 is 33.9 Å². The first-order valence-electron chi connectivity index (χ1n) is 20.0. The molecule has 9 amide bonds. The first-order valence-corrected chi connectivity index (χ1v) is 20.0. The topological polar surface area (TPSA) is 246 Å². The van der Waals surface area contributed by atoms with Crippen LogP contribution in [0.25, 0.3) is 0 Å². The number of nitrogens with zero attached hydrogens (tertiary/aromatic N) is 3. The molecule has 0 radical (unpaired) electrons. The number of ether oxygens (including phenoxy) is 5. The summed E-state index contributed by atoms with van der Waals surface area (Å²) in [4.78, 5) is 113. The number of hydrogen-bond acceptors (Lipinski definition) is 15. The van der Waals surface area contributed by atoms with Gasteiger partial charge in [-0.3, -0.25) is 58.8 Å². The number of likely N-dealkylation sites (tertiary alicyclic amines) is 1. The Hall–Kier alpha value is -6.25. The Morgan fingerprint density at radius 1 is 0.623 bits per heavy atom. The molecule has 8 rings (SSSR count). The van der Waals surface area contributed by atoms with Crippen LogP contribution in [0.5, 0.6) is 11.5 Å². The smallest absolute Gasteiger partial charge is 0.410 e. The quantitative estimate of drug-likeness (QED) is 0.195. The Kier molecular flexibility index (Phi) is 12.5. The van der Waals surface area contributed by atoms with E-state index in [1.807, 2.05) is 20.8 Å². The van der Waals surface area contributed by atoms with Crippen LogP contribution >= 0.6 is 0 Å². The van der Waals surface area contributed by atoms with Gasteiger partial charge in [0.25, 0.3) is 23.6 Å². The normalized spacial score (nSPS) is 21.5. The fourth-order valence-electron chi connectivity index (χ4n) is 7.23. The van der Waals surface area contributed by atoms with Gasteiger partial charge in [0.2, 0.25) is 23.6 Å². The molecule has 6 aliphatic rings. The van der Waals surface area contributed by atoms with E-state index < -0.39 is 64.9 Å². The number of amides is 9. The van der Waals surface area contributed by atoms with Crippen LogP contribution < -0.4 is 25.4 Å². The molecule has 2 aromatic rings. The average Bonchev–Trinajstić information content (AvgIpc) is 3.55. The molecule has 0 saturated carbocycles. The van der Waals surface area contributed by atoms with Gasteiger partial charge in [0.05, 0.1) is 60.8 Å². The Labute approximate surface area is 349 Å². The van der Waals surface area contributed by atoms with Crippen molar-refractivity contribution in [2.24, 2.45) is 0 Å². The highest BCUT2D eigenvalue weighted by atomic mass is 16.6. The molecule has 6 aliphatic heterocycles. The van der Waals surface area contributed by atoms with Crippen molar-refractivity contribution in [1.29, 1.82) is 0 Å². The van der Waals surface area contributed by atoms with E-state index in [0.29, 0.717) is 37.8 Å². The maximum atomic E-state index is 12.8. The van der Waals surface area contributed by atoms with Crippen LogP contribution in [0, 0.1) is 0 Å². The van der Waals surface area contributed by atoms with Crippen molar-refractivity contribution in [1.82, 2.24) is 30.7 Å². The summed E-state index contributed by atoms with van der Waals surface area (Å²) >= 11 is 0. The van der Waals surface area contributed by atoms with Gasteiger partial charge in [-0.1, -0.05) is 0 Å². The molecule has 0 bridgehead atoms. The highest BCUT2D eigenvalue weighted by molar-refractivity contribution is 6.24. The zero-order valence-corrected chi connectivity index (χ0v) is 33.8. The third kappa shape index (κ3) is 9.55. The van der Waals surface area contributed by atoms with Crippen LogP contribution in [-0.2, 0) is 33.4 Å². The second-order valence-electron chi connectivity index (χ2n) is 16.0. The van der Waals surface area contributed by atoms with E-state index in [4.69, 9.17) is 23.7 Å². The SMILES string of the molecule is CC(C)(C)OC(=O)N1CC(OCCOc2ccc3c(c2)C(=O)N(C2CCC(=O)NC2=O)C3=O)C1.O=C1CCC(N2C(=O)c3ccc(OCCOC4CNC4)cc3C2=O)C(=O)N1. The number of carbonyl (C=O) groups is 9. The molecular weight excluding hydrogens is 800 g/mol. The van der Waals surface area contributed by atoms with Gasteiger partial charge in [-0.2, -0.15) is 0 Å². The first kappa shape index (κ1) is 42.9. The number of hydrogen-bond donors (Lipinski definition) is 3. The van der Waals surface area contributed by atoms with Crippen molar-refractivity contribution >= 4 is 53.4 Å². The Bertz CT molecular complexity index is 2160. The Balaban J connectivity index is 0.000000189. The van der Waals surface area contributed by atoms with E-state index in [-0.39, 0.29) is 79.5 Å². The number of imide groups is 4. The minimum atomic E-state index is -1.01. The molecule has 20 nitrogen and oxygen atoms in total. The molecule has 20 heteroatoms. The molecule has 2 aromatic carbocycles. The maximum Gasteiger partial charge on any atom is 0.410 e. The number of benzene rings is 2. The molecule has 0 spiro atoms. The minimum Gasteiger partial charge on any atom is -0.491 e. The van der Waals surface area contributed by atoms with Gasteiger partial charge in [-0.05, 0) is 70.0 Å². The summed E-state index contributed by atoms with van der Waals surface area (Å²) in [7, 11) is 0. The van der Waals surface area contributed by atoms with E-state index in [2.05, 4.69) is 16.0 Å². The molecule has 324 valence electrons. The van der Waals surface area contributed by atoms with E-state index in [1.54, 1.807) is 17.0 Å². The number of fused-ring (bicyclic) bond motifs is 2. The lowest BCUT2D eigenvalue weighted by molar-refractivity contribution is -0.137. The summed E-state index contributed by atoms with van der Waals surface area (Å²) in [5.41, 5.74) is 0.229. The molecule has 3 N–H and O–H groups in total. The van der Waals surface area contributed by atoms with E-state index >= 15 is 0 Å². The van der Waals surface area contributed by atoms with Crippen LogP contribution in [0.1, 0.15) is 87.9 Å². The number of nitrogens with one attached hydrogen (secondary N) is 3.